The maximum absolute atomic E-state index is 12.3. The molecule has 112 valence electrons. The van der Waals surface area contributed by atoms with Crippen LogP contribution in [0, 0.1) is 10.1 Å². The number of carbonyl (C=O) groups is 2. The minimum Gasteiger partial charge on any atom is -0.353 e. The van der Waals surface area contributed by atoms with Crippen LogP contribution < -0.4 is 5.32 Å². The van der Waals surface area contributed by atoms with Gasteiger partial charge in [0.05, 0.1) is 4.92 Å². The summed E-state index contributed by atoms with van der Waals surface area (Å²) < 4.78 is 0. The molecule has 1 aromatic rings. The molecule has 0 aliphatic carbocycles. The van der Waals surface area contributed by atoms with Gasteiger partial charge >= 0.3 is 0 Å². The van der Waals surface area contributed by atoms with Crippen LogP contribution in [-0.4, -0.2) is 40.8 Å². The highest BCUT2D eigenvalue weighted by Crippen LogP contribution is 2.17. The number of carbonyl (C=O) groups excluding carboxylic acids is 2. The summed E-state index contributed by atoms with van der Waals surface area (Å²) in [6.07, 6.45) is 1.39. The summed E-state index contributed by atoms with van der Waals surface area (Å²) in [5, 5.41) is 13.6. The van der Waals surface area contributed by atoms with Gasteiger partial charge in [-0.15, -0.1) is 0 Å². The van der Waals surface area contributed by atoms with E-state index in [0.717, 1.165) is 0 Å². The molecule has 21 heavy (non-hydrogen) atoms. The Bertz CT molecular complexity index is 565. The van der Waals surface area contributed by atoms with Gasteiger partial charge in [-0.1, -0.05) is 6.07 Å². The molecular formula is C14H17N3O4. The Hall–Kier alpha value is -2.44. The third-order valence-corrected chi connectivity index (χ3v) is 3.49. The number of non-ortho nitro benzene ring substituents is 1. The van der Waals surface area contributed by atoms with Crippen LogP contribution in [-0.2, 0) is 4.79 Å². The monoisotopic (exact) mass is 291 g/mol. The summed E-state index contributed by atoms with van der Waals surface area (Å²) in [5.41, 5.74) is 0.233. The van der Waals surface area contributed by atoms with Crippen molar-refractivity contribution >= 4 is 17.5 Å². The van der Waals surface area contributed by atoms with Crippen molar-refractivity contribution in [1.82, 2.24) is 10.2 Å². The Kier molecular flexibility index (Phi) is 4.52. The van der Waals surface area contributed by atoms with Gasteiger partial charge in [-0.3, -0.25) is 19.7 Å². The minimum atomic E-state index is -0.514. The van der Waals surface area contributed by atoms with Gasteiger partial charge in [-0.25, -0.2) is 0 Å². The average molecular weight is 291 g/mol. The van der Waals surface area contributed by atoms with Crippen molar-refractivity contribution in [2.45, 2.75) is 25.8 Å². The summed E-state index contributed by atoms with van der Waals surface area (Å²) >= 11 is 0. The van der Waals surface area contributed by atoms with Crippen LogP contribution in [0.5, 0.6) is 0 Å². The fraction of sp³-hybridized carbons (Fsp3) is 0.429. The van der Waals surface area contributed by atoms with Gasteiger partial charge in [-0.2, -0.15) is 0 Å². The largest absolute Gasteiger partial charge is 0.353 e. The number of hydrogen-bond donors (Lipinski definition) is 1. The third-order valence-electron chi connectivity index (χ3n) is 3.49. The van der Waals surface area contributed by atoms with E-state index in [0.29, 0.717) is 31.5 Å². The minimum absolute atomic E-state index is 0.0709. The lowest BCUT2D eigenvalue weighted by Gasteiger charge is -2.32. The van der Waals surface area contributed by atoms with Gasteiger partial charge in [0.1, 0.15) is 0 Å². The lowest BCUT2D eigenvalue weighted by atomic mass is 10.0. The van der Waals surface area contributed by atoms with Crippen LogP contribution in [0.4, 0.5) is 5.69 Å². The van der Waals surface area contributed by atoms with Crippen molar-refractivity contribution in [2.24, 2.45) is 0 Å². The maximum Gasteiger partial charge on any atom is 0.270 e. The molecule has 7 heteroatoms. The fourth-order valence-electron chi connectivity index (χ4n) is 2.45. The molecule has 1 N–H and O–H groups in total. The zero-order chi connectivity index (χ0) is 15.4. The predicted octanol–water partition coefficient (Wildman–Crippen LogP) is 1.34. The number of rotatable bonds is 3. The Morgan fingerprint density at radius 3 is 2.57 bits per heavy atom. The molecule has 2 amide bonds. The fourth-order valence-corrected chi connectivity index (χ4v) is 2.45. The van der Waals surface area contributed by atoms with E-state index in [1.54, 1.807) is 11.0 Å². The van der Waals surface area contributed by atoms with Crippen LogP contribution in [0.25, 0.3) is 0 Å². The van der Waals surface area contributed by atoms with Crippen molar-refractivity contribution < 1.29 is 14.5 Å². The molecule has 1 saturated heterocycles. The smallest absolute Gasteiger partial charge is 0.270 e. The van der Waals surface area contributed by atoms with E-state index in [1.807, 2.05) is 0 Å². The van der Waals surface area contributed by atoms with E-state index in [2.05, 4.69) is 5.32 Å². The van der Waals surface area contributed by atoms with Gasteiger partial charge in [0.15, 0.2) is 0 Å². The first-order chi connectivity index (χ1) is 9.97. The summed E-state index contributed by atoms with van der Waals surface area (Å²) in [4.78, 5) is 35.2. The lowest BCUT2D eigenvalue weighted by Crippen LogP contribution is -2.46. The second-order valence-electron chi connectivity index (χ2n) is 5.07. The zero-order valence-electron chi connectivity index (χ0n) is 11.7. The number of nitro groups is 1. The molecule has 1 aliphatic rings. The van der Waals surface area contributed by atoms with E-state index in [1.165, 1.54) is 25.1 Å². The van der Waals surface area contributed by atoms with Crippen molar-refractivity contribution in [2.75, 3.05) is 13.1 Å². The summed E-state index contributed by atoms with van der Waals surface area (Å²) in [6, 6.07) is 5.84. The normalized spacial score (nSPS) is 15.6. The third kappa shape index (κ3) is 3.77. The number of benzene rings is 1. The highest BCUT2D eigenvalue weighted by atomic mass is 16.6. The molecule has 2 rings (SSSR count). The van der Waals surface area contributed by atoms with Crippen LogP contribution in [0.2, 0.25) is 0 Å². The summed E-state index contributed by atoms with van der Waals surface area (Å²) in [5.74, 6) is -0.279. The molecule has 0 spiro atoms. The Morgan fingerprint density at radius 2 is 2.00 bits per heavy atom. The van der Waals surface area contributed by atoms with Crippen LogP contribution in [0.3, 0.4) is 0 Å². The van der Waals surface area contributed by atoms with Gasteiger partial charge in [-0.05, 0) is 18.9 Å². The number of nitrogens with one attached hydrogen (secondary N) is 1. The van der Waals surface area contributed by atoms with Crippen LogP contribution in [0.1, 0.15) is 30.1 Å². The maximum atomic E-state index is 12.3. The first-order valence-corrected chi connectivity index (χ1v) is 6.78. The highest BCUT2D eigenvalue weighted by molar-refractivity contribution is 5.94. The molecule has 1 aromatic carbocycles. The van der Waals surface area contributed by atoms with Crippen molar-refractivity contribution in [3.8, 4) is 0 Å². The number of nitro benzene ring substituents is 1. The number of piperidine rings is 1. The van der Waals surface area contributed by atoms with E-state index >= 15 is 0 Å². The first-order valence-electron chi connectivity index (χ1n) is 6.78. The van der Waals surface area contributed by atoms with Gasteiger partial charge in [0.25, 0.3) is 11.6 Å². The molecular weight excluding hydrogens is 274 g/mol. The molecule has 0 unspecified atom stereocenters. The second-order valence-corrected chi connectivity index (χ2v) is 5.07. The quantitative estimate of drug-likeness (QED) is 0.671. The highest BCUT2D eigenvalue weighted by Gasteiger charge is 2.24. The number of amides is 2. The van der Waals surface area contributed by atoms with Crippen LogP contribution >= 0.6 is 0 Å². The van der Waals surface area contributed by atoms with E-state index < -0.39 is 4.92 Å². The summed E-state index contributed by atoms with van der Waals surface area (Å²) in [6.45, 7) is 2.54. The Labute approximate surface area is 122 Å². The van der Waals surface area contributed by atoms with Gasteiger partial charge in [0.2, 0.25) is 5.91 Å². The topological polar surface area (TPSA) is 92.6 Å². The molecule has 1 fully saturated rings. The first kappa shape index (κ1) is 15.0. The molecule has 0 atom stereocenters. The Balaban J connectivity index is 2.00. The number of nitrogens with zero attached hydrogens (tertiary/aromatic N) is 2. The molecule has 0 bridgehead atoms. The SMILES string of the molecule is CC(=O)NC1CCN(C(=O)c2cccc([N+](=O)[O-])c2)CC1. The molecule has 7 nitrogen and oxygen atoms in total. The van der Waals surface area contributed by atoms with Crippen LogP contribution in [0.15, 0.2) is 24.3 Å². The lowest BCUT2D eigenvalue weighted by molar-refractivity contribution is -0.384. The number of hydrogen-bond acceptors (Lipinski definition) is 4. The second kappa shape index (κ2) is 6.34. The van der Waals surface area contributed by atoms with Crippen molar-refractivity contribution in [1.29, 1.82) is 0 Å². The van der Waals surface area contributed by atoms with E-state index in [4.69, 9.17) is 0 Å². The zero-order valence-corrected chi connectivity index (χ0v) is 11.7. The molecule has 0 radical (unpaired) electrons. The van der Waals surface area contributed by atoms with Gasteiger partial charge < -0.3 is 10.2 Å². The standard InChI is InChI=1S/C14H17N3O4/c1-10(18)15-12-5-7-16(8-6-12)14(19)11-3-2-4-13(9-11)17(20)21/h2-4,9,12H,5-8H2,1H3,(H,15,18). The summed E-state index contributed by atoms with van der Waals surface area (Å²) in [7, 11) is 0. The molecule has 1 heterocycles. The predicted molar refractivity (Wildman–Crippen MR) is 75.8 cm³/mol. The molecule has 0 saturated carbocycles. The molecule has 0 aromatic heterocycles. The van der Waals surface area contributed by atoms with E-state index in [9.17, 15) is 19.7 Å². The Morgan fingerprint density at radius 1 is 1.33 bits per heavy atom. The molecule has 1 aliphatic heterocycles. The average Bonchev–Trinajstić information content (AvgIpc) is 2.47. The number of likely N-dealkylation sites (tertiary alicyclic amines) is 1. The van der Waals surface area contributed by atoms with Crippen molar-refractivity contribution in [3.63, 3.8) is 0 Å². The van der Waals surface area contributed by atoms with Gasteiger partial charge in [0, 0.05) is 43.8 Å². The van der Waals surface area contributed by atoms with Crippen molar-refractivity contribution in [3.05, 3.63) is 39.9 Å². The van der Waals surface area contributed by atoms with E-state index in [-0.39, 0.29) is 23.5 Å².